The van der Waals surface area contributed by atoms with Gasteiger partial charge < -0.3 is 15.8 Å². The van der Waals surface area contributed by atoms with Crippen LogP contribution < -0.4 is 11.1 Å². The summed E-state index contributed by atoms with van der Waals surface area (Å²) in [5.41, 5.74) is 9.56. The van der Waals surface area contributed by atoms with Crippen molar-refractivity contribution in [2.75, 3.05) is 26.8 Å². The van der Waals surface area contributed by atoms with Gasteiger partial charge in [-0.3, -0.25) is 4.79 Å². The van der Waals surface area contributed by atoms with E-state index in [4.69, 9.17) is 10.5 Å². The predicted molar refractivity (Wildman–Crippen MR) is 112 cm³/mol. The molecule has 2 aromatic carbocycles. The van der Waals surface area contributed by atoms with Gasteiger partial charge in [-0.05, 0) is 55.0 Å². The van der Waals surface area contributed by atoms with Gasteiger partial charge in [0.25, 0.3) is 5.91 Å². The van der Waals surface area contributed by atoms with Gasteiger partial charge in [0.15, 0.2) is 0 Å². The third-order valence-corrected chi connectivity index (χ3v) is 6.99. The van der Waals surface area contributed by atoms with Crippen LogP contribution in [0.15, 0.2) is 48.7 Å². The third-order valence-electron chi connectivity index (χ3n) is 6.99. The van der Waals surface area contributed by atoms with E-state index in [0.717, 1.165) is 37.2 Å². The molecule has 0 radical (unpaired) electrons. The number of ether oxygens (including phenoxy) is 1. The highest BCUT2D eigenvalue weighted by atomic mass is 16.5. The van der Waals surface area contributed by atoms with Crippen LogP contribution in [0.25, 0.3) is 16.6 Å². The lowest BCUT2D eigenvalue weighted by Gasteiger charge is -2.32. The molecule has 2 unspecified atom stereocenters. The summed E-state index contributed by atoms with van der Waals surface area (Å²) in [4.78, 5) is 11.7. The molecule has 2 heterocycles. The molecule has 1 amide bonds. The Morgan fingerprint density at radius 2 is 2.10 bits per heavy atom. The van der Waals surface area contributed by atoms with Gasteiger partial charge in [0.05, 0.1) is 11.3 Å². The van der Waals surface area contributed by atoms with Crippen molar-refractivity contribution in [2.24, 2.45) is 11.1 Å². The minimum Gasteiger partial charge on any atom is -0.385 e. The maximum Gasteiger partial charge on any atom is 0.250 e. The number of hydrogen-bond acceptors (Lipinski definition) is 4. The second kappa shape index (κ2) is 6.68. The number of carbonyl (C=O) groups excluding carboxylic acids is 1. The van der Waals surface area contributed by atoms with Crippen molar-refractivity contribution in [3.05, 3.63) is 59.8 Å². The fourth-order valence-electron chi connectivity index (χ4n) is 5.32. The molecule has 1 saturated carbocycles. The highest BCUT2D eigenvalue weighted by Crippen LogP contribution is 2.69. The molecule has 1 aliphatic heterocycles. The molecular formula is C23H26N4O2. The number of amides is 1. The van der Waals surface area contributed by atoms with Gasteiger partial charge >= 0.3 is 0 Å². The molecule has 3 aromatic rings. The first-order valence-corrected chi connectivity index (χ1v) is 10.2. The molecule has 1 aromatic heterocycles. The number of nitrogens with one attached hydrogen (secondary N) is 1. The van der Waals surface area contributed by atoms with Crippen LogP contribution in [0.5, 0.6) is 0 Å². The van der Waals surface area contributed by atoms with E-state index in [1.165, 1.54) is 18.4 Å². The average Bonchev–Trinajstić information content (AvgIpc) is 3.24. The second-order valence-corrected chi connectivity index (χ2v) is 8.44. The van der Waals surface area contributed by atoms with Gasteiger partial charge in [0.2, 0.25) is 0 Å². The van der Waals surface area contributed by atoms with E-state index < -0.39 is 5.91 Å². The van der Waals surface area contributed by atoms with Gasteiger partial charge in [-0.2, -0.15) is 5.10 Å². The topological polar surface area (TPSA) is 82.2 Å². The van der Waals surface area contributed by atoms with E-state index in [2.05, 4.69) is 34.7 Å². The molecule has 2 fully saturated rings. The van der Waals surface area contributed by atoms with Crippen LogP contribution in [-0.4, -0.2) is 42.5 Å². The molecule has 6 heteroatoms. The van der Waals surface area contributed by atoms with Crippen LogP contribution in [0.4, 0.5) is 0 Å². The molecule has 6 nitrogen and oxygen atoms in total. The fraction of sp³-hybridized carbons (Fsp3) is 0.391. The average molecular weight is 390 g/mol. The number of benzene rings is 2. The lowest BCUT2D eigenvalue weighted by molar-refractivity contribution is 0.100. The summed E-state index contributed by atoms with van der Waals surface area (Å²) < 4.78 is 7.20. The maximum absolute atomic E-state index is 11.7. The van der Waals surface area contributed by atoms with Crippen molar-refractivity contribution in [3.8, 4) is 5.69 Å². The second-order valence-electron chi connectivity index (χ2n) is 8.44. The van der Waals surface area contributed by atoms with Crippen LogP contribution in [0.2, 0.25) is 0 Å². The van der Waals surface area contributed by atoms with E-state index in [9.17, 15) is 4.79 Å². The zero-order valence-electron chi connectivity index (χ0n) is 16.6. The fourth-order valence-corrected chi connectivity index (χ4v) is 5.32. The first-order chi connectivity index (χ1) is 14.1. The molecule has 5 rings (SSSR count). The predicted octanol–water partition coefficient (Wildman–Crippen LogP) is 2.78. The Morgan fingerprint density at radius 1 is 1.28 bits per heavy atom. The number of primary amides is 1. The highest BCUT2D eigenvalue weighted by Gasteiger charge is 2.67. The van der Waals surface area contributed by atoms with Crippen LogP contribution in [0, 0.1) is 5.41 Å². The standard InChI is InChI=1S/C23H26N4O2/c1-29-12-10-22-14-23(22,9-11-25-15-22)17-5-7-18(8-6-17)27-13-16-3-2-4-19(21(24)28)20(16)26-27/h2-8,13,25H,9-12,14-15H2,1H3,(H2,24,28). The minimum atomic E-state index is -0.456. The molecule has 3 N–H and O–H groups in total. The molecule has 29 heavy (non-hydrogen) atoms. The van der Waals surface area contributed by atoms with E-state index in [0.29, 0.717) is 16.5 Å². The molecule has 2 aliphatic rings. The van der Waals surface area contributed by atoms with Crippen molar-refractivity contribution >= 4 is 16.8 Å². The van der Waals surface area contributed by atoms with Crippen molar-refractivity contribution in [3.63, 3.8) is 0 Å². The number of nitrogens with two attached hydrogens (primary N) is 1. The largest absolute Gasteiger partial charge is 0.385 e. The Bertz CT molecular complexity index is 1070. The molecule has 2 atom stereocenters. The van der Waals surface area contributed by atoms with Crippen LogP contribution >= 0.6 is 0 Å². The number of methoxy groups -OCH3 is 1. The van der Waals surface area contributed by atoms with Gasteiger partial charge in [-0.25, -0.2) is 4.68 Å². The van der Waals surface area contributed by atoms with E-state index in [1.54, 1.807) is 13.2 Å². The number of piperidine rings is 1. The van der Waals surface area contributed by atoms with E-state index in [-0.39, 0.29) is 5.41 Å². The van der Waals surface area contributed by atoms with E-state index in [1.807, 2.05) is 23.0 Å². The number of rotatable bonds is 6. The molecule has 0 bridgehead atoms. The van der Waals surface area contributed by atoms with Crippen molar-refractivity contribution in [2.45, 2.75) is 24.7 Å². The molecular weight excluding hydrogens is 364 g/mol. The Labute approximate surface area is 170 Å². The van der Waals surface area contributed by atoms with Crippen molar-refractivity contribution in [1.82, 2.24) is 15.1 Å². The number of fused-ring (bicyclic) bond motifs is 2. The van der Waals surface area contributed by atoms with Crippen molar-refractivity contribution in [1.29, 1.82) is 0 Å². The van der Waals surface area contributed by atoms with E-state index >= 15 is 0 Å². The summed E-state index contributed by atoms with van der Waals surface area (Å²) in [5.74, 6) is -0.456. The molecule has 150 valence electrons. The molecule has 1 saturated heterocycles. The molecule has 0 spiro atoms. The van der Waals surface area contributed by atoms with Gasteiger partial charge in [0.1, 0.15) is 5.52 Å². The SMILES string of the molecule is COCCC12CNCCC1(c1ccc(-n3cc4cccc(C(N)=O)c4n3)cc1)C2. The first-order valence-electron chi connectivity index (χ1n) is 10.2. The van der Waals surface area contributed by atoms with Gasteiger partial charge in [0, 0.05) is 37.3 Å². The number of hydrogen-bond donors (Lipinski definition) is 2. The normalized spacial score (nSPS) is 25.7. The summed E-state index contributed by atoms with van der Waals surface area (Å²) in [6, 6.07) is 14.2. The van der Waals surface area contributed by atoms with Crippen LogP contribution in [0.3, 0.4) is 0 Å². The number of nitrogens with zero attached hydrogens (tertiary/aromatic N) is 2. The summed E-state index contributed by atoms with van der Waals surface area (Å²) >= 11 is 0. The van der Waals surface area contributed by atoms with Gasteiger partial charge in [-0.1, -0.05) is 24.3 Å². The van der Waals surface area contributed by atoms with Crippen molar-refractivity contribution < 1.29 is 9.53 Å². The smallest absolute Gasteiger partial charge is 0.250 e. The number of carbonyl (C=O) groups is 1. The Morgan fingerprint density at radius 3 is 2.86 bits per heavy atom. The van der Waals surface area contributed by atoms with Gasteiger partial charge in [-0.15, -0.1) is 0 Å². The lowest BCUT2D eigenvalue weighted by atomic mass is 9.79. The Hall–Kier alpha value is -2.70. The first kappa shape index (κ1) is 18.3. The Balaban J connectivity index is 1.46. The summed E-state index contributed by atoms with van der Waals surface area (Å²) in [5, 5.41) is 9.10. The lowest BCUT2D eigenvalue weighted by Crippen LogP contribution is -2.39. The summed E-state index contributed by atoms with van der Waals surface area (Å²) in [6.07, 6.45) is 5.44. The maximum atomic E-state index is 11.7. The van der Waals surface area contributed by atoms with Crippen LogP contribution in [0.1, 0.15) is 35.2 Å². The summed E-state index contributed by atoms with van der Waals surface area (Å²) in [7, 11) is 1.78. The van der Waals surface area contributed by atoms with Crippen LogP contribution in [-0.2, 0) is 10.2 Å². The summed E-state index contributed by atoms with van der Waals surface area (Å²) in [6.45, 7) is 2.94. The quantitative estimate of drug-likeness (QED) is 0.678. The Kier molecular flexibility index (Phi) is 4.22. The monoisotopic (exact) mass is 390 g/mol. The minimum absolute atomic E-state index is 0.267. The molecule has 1 aliphatic carbocycles. The third kappa shape index (κ3) is 2.78. The highest BCUT2D eigenvalue weighted by molar-refractivity contribution is 6.04. The zero-order chi connectivity index (χ0) is 20.1. The zero-order valence-corrected chi connectivity index (χ0v) is 16.6. The number of aromatic nitrogens is 2.